The number of benzene rings is 1. The lowest BCUT2D eigenvalue weighted by atomic mass is 10.2. The molecule has 1 heterocycles. The van der Waals surface area contributed by atoms with Crippen molar-refractivity contribution in [3.05, 3.63) is 22.7 Å². The van der Waals surface area contributed by atoms with Gasteiger partial charge in [-0.15, -0.1) is 0 Å². The standard InChI is InChI=1S/C11H14BrNO3S/c1-8-6-13(17(14,15)7-8)10-5-9(12)3-4-11(10)16-2/h3-5,8H,6-7H2,1-2H3. The molecule has 0 amide bonds. The van der Waals surface area contributed by atoms with Gasteiger partial charge < -0.3 is 4.74 Å². The van der Waals surface area contributed by atoms with Crippen LogP contribution in [0.3, 0.4) is 0 Å². The van der Waals surface area contributed by atoms with E-state index in [1.165, 1.54) is 4.31 Å². The lowest BCUT2D eigenvalue weighted by molar-refractivity contribution is 0.415. The van der Waals surface area contributed by atoms with Crippen LogP contribution in [-0.4, -0.2) is 27.8 Å². The van der Waals surface area contributed by atoms with Crippen molar-refractivity contribution >= 4 is 31.6 Å². The highest BCUT2D eigenvalue weighted by Gasteiger charge is 2.35. The van der Waals surface area contributed by atoms with Crippen LogP contribution in [-0.2, 0) is 10.0 Å². The number of methoxy groups -OCH3 is 1. The van der Waals surface area contributed by atoms with Crippen molar-refractivity contribution < 1.29 is 13.2 Å². The van der Waals surface area contributed by atoms with Crippen molar-refractivity contribution in [2.75, 3.05) is 23.7 Å². The molecule has 0 saturated carbocycles. The summed E-state index contributed by atoms with van der Waals surface area (Å²) in [5, 5.41) is 0. The average molecular weight is 320 g/mol. The summed E-state index contributed by atoms with van der Waals surface area (Å²) < 4.78 is 31.5. The largest absolute Gasteiger partial charge is 0.495 e. The van der Waals surface area contributed by atoms with Crippen LogP contribution in [0.2, 0.25) is 0 Å². The third-order valence-electron chi connectivity index (χ3n) is 2.72. The monoisotopic (exact) mass is 319 g/mol. The summed E-state index contributed by atoms with van der Waals surface area (Å²) in [6.07, 6.45) is 0. The molecule has 17 heavy (non-hydrogen) atoms. The Kier molecular flexibility index (Phi) is 3.36. The summed E-state index contributed by atoms with van der Waals surface area (Å²) in [5.74, 6) is 0.914. The van der Waals surface area contributed by atoms with E-state index >= 15 is 0 Å². The van der Waals surface area contributed by atoms with Gasteiger partial charge in [-0.25, -0.2) is 8.42 Å². The van der Waals surface area contributed by atoms with Crippen LogP contribution >= 0.6 is 15.9 Å². The van der Waals surface area contributed by atoms with E-state index in [2.05, 4.69) is 15.9 Å². The Hall–Kier alpha value is -0.750. The maximum Gasteiger partial charge on any atom is 0.235 e. The number of halogens is 1. The SMILES string of the molecule is COc1ccc(Br)cc1N1CC(C)CS1(=O)=O. The lowest BCUT2D eigenvalue weighted by Crippen LogP contribution is -2.25. The van der Waals surface area contributed by atoms with Crippen LogP contribution in [0, 0.1) is 5.92 Å². The van der Waals surface area contributed by atoms with Gasteiger partial charge in [-0.1, -0.05) is 22.9 Å². The van der Waals surface area contributed by atoms with Gasteiger partial charge >= 0.3 is 0 Å². The third kappa shape index (κ3) is 2.42. The first kappa shape index (κ1) is 12.7. The van der Waals surface area contributed by atoms with Gasteiger partial charge in [0.2, 0.25) is 10.0 Å². The molecule has 6 heteroatoms. The van der Waals surface area contributed by atoms with Gasteiger partial charge in [0.15, 0.2) is 0 Å². The number of hydrogen-bond acceptors (Lipinski definition) is 3. The van der Waals surface area contributed by atoms with E-state index in [0.29, 0.717) is 18.0 Å². The Morgan fingerprint density at radius 1 is 1.47 bits per heavy atom. The van der Waals surface area contributed by atoms with Gasteiger partial charge in [-0.3, -0.25) is 4.31 Å². The number of anilines is 1. The molecule has 0 N–H and O–H groups in total. The van der Waals surface area contributed by atoms with E-state index < -0.39 is 10.0 Å². The molecule has 0 bridgehead atoms. The van der Waals surface area contributed by atoms with E-state index in [1.807, 2.05) is 13.0 Å². The minimum absolute atomic E-state index is 0.142. The first-order valence-electron chi connectivity index (χ1n) is 5.28. The van der Waals surface area contributed by atoms with Gasteiger partial charge in [-0.2, -0.15) is 0 Å². The average Bonchev–Trinajstić information content (AvgIpc) is 2.51. The molecule has 1 aromatic carbocycles. The Balaban J connectivity index is 2.50. The fraction of sp³-hybridized carbons (Fsp3) is 0.455. The van der Waals surface area contributed by atoms with Crippen molar-refractivity contribution in [2.45, 2.75) is 6.92 Å². The topological polar surface area (TPSA) is 46.6 Å². The fourth-order valence-electron chi connectivity index (χ4n) is 2.01. The number of ether oxygens (including phenoxy) is 1. The predicted octanol–water partition coefficient (Wildman–Crippen LogP) is 2.24. The van der Waals surface area contributed by atoms with Gasteiger partial charge in [-0.05, 0) is 24.1 Å². The zero-order valence-corrected chi connectivity index (χ0v) is 12.1. The van der Waals surface area contributed by atoms with E-state index in [-0.39, 0.29) is 11.7 Å². The number of sulfonamides is 1. The van der Waals surface area contributed by atoms with Crippen LogP contribution in [0.5, 0.6) is 5.75 Å². The summed E-state index contributed by atoms with van der Waals surface area (Å²) >= 11 is 3.35. The Morgan fingerprint density at radius 2 is 2.18 bits per heavy atom. The first-order chi connectivity index (χ1) is 7.94. The smallest absolute Gasteiger partial charge is 0.235 e. The van der Waals surface area contributed by atoms with Crippen molar-refractivity contribution in [1.82, 2.24) is 0 Å². The van der Waals surface area contributed by atoms with Crippen LogP contribution in [0.25, 0.3) is 0 Å². The molecule has 1 unspecified atom stereocenters. The van der Waals surface area contributed by atoms with Gasteiger partial charge in [0, 0.05) is 11.0 Å². The molecule has 1 fully saturated rings. The van der Waals surface area contributed by atoms with Crippen LogP contribution in [0.15, 0.2) is 22.7 Å². The van der Waals surface area contributed by atoms with E-state index in [0.717, 1.165) is 4.47 Å². The third-order valence-corrected chi connectivity index (χ3v) is 5.22. The summed E-state index contributed by atoms with van der Waals surface area (Å²) in [5.41, 5.74) is 0.603. The fourth-order valence-corrected chi connectivity index (χ4v) is 4.28. The number of nitrogens with zero attached hydrogens (tertiary/aromatic N) is 1. The van der Waals surface area contributed by atoms with E-state index in [4.69, 9.17) is 4.74 Å². The molecule has 0 aliphatic carbocycles. The highest BCUT2D eigenvalue weighted by atomic mass is 79.9. The normalized spacial score (nSPS) is 22.8. The molecular formula is C11H14BrNO3S. The molecule has 4 nitrogen and oxygen atoms in total. The highest BCUT2D eigenvalue weighted by Crippen LogP contribution is 2.36. The molecule has 1 aliphatic heterocycles. The molecule has 1 aromatic rings. The summed E-state index contributed by atoms with van der Waals surface area (Å²) in [6.45, 7) is 2.44. The van der Waals surface area contributed by atoms with Crippen LogP contribution in [0.4, 0.5) is 5.69 Å². The maximum atomic E-state index is 12.0. The predicted molar refractivity (Wildman–Crippen MR) is 71.0 cm³/mol. The first-order valence-corrected chi connectivity index (χ1v) is 7.68. The Labute approximate surface area is 110 Å². The van der Waals surface area contributed by atoms with Crippen LogP contribution < -0.4 is 9.04 Å². The van der Waals surface area contributed by atoms with Gasteiger partial charge in [0.05, 0.1) is 18.6 Å². The maximum absolute atomic E-state index is 12.0. The van der Waals surface area contributed by atoms with Crippen molar-refractivity contribution in [3.63, 3.8) is 0 Å². The minimum atomic E-state index is -3.21. The molecule has 0 aromatic heterocycles. The molecule has 1 saturated heterocycles. The van der Waals surface area contributed by atoms with Gasteiger partial charge in [0.25, 0.3) is 0 Å². The molecule has 2 rings (SSSR count). The Morgan fingerprint density at radius 3 is 2.71 bits per heavy atom. The quantitative estimate of drug-likeness (QED) is 0.840. The summed E-state index contributed by atoms with van der Waals surface area (Å²) in [6, 6.07) is 5.36. The van der Waals surface area contributed by atoms with Crippen molar-refractivity contribution in [1.29, 1.82) is 0 Å². The molecule has 94 valence electrons. The second kappa shape index (κ2) is 4.49. The highest BCUT2D eigenvalue weighted by molar-refractivity contribution is 9.10. The zero-order valence-electron chi connectivity index (χ0n) is 9.68. The molecule has 1 atom stereocenters. The van der Waals surface area contributed by atoms with Crippen molar-refractivity contribution in [2.24, 2.45) is 5.92 Å². The van der Waals surface area contributed by atoms with Crippen LogP contribution in [0.1, 0.15) is 6.92 Å². The number of rotatable bonds is 2. The summed E-state index contributed by atoms with van der Waals surface area (Å²) in [4.78, 5) is 0. The van der Waals surface area contributed by atoms with E-state index in [9.17, 15) is 8.42 Å². The van der Waals surface area contributed by atoms with E-state index in [1.54, 1.807) is 19.2 Å². The molecular weight excluding hydrogens is 306 g/mol. The number of hydrogen-bond donors (Lipinski definition) is 0. The molecule has 1 aliphatic rings. The minimum Gasteiger partial charge on any atom is -0.495 e. The second-order valence-corrected chi connectivity index (χ2v) is 7.08. The molecule has 0 radical (unpaired) electrons. The second-order valence-electron chi connectivity index (χ2n) is 4.23. The Bertz CT molecular complexity index is 530. The van der Waals surface area contributed by atoms with Crippen molar-refractivity contribution in [3.8, 4) is 5.75 Å². The zero-order chi connectivity index (χ0) is 12.6. The summed E-state index contributed by atoms with van der Waals surface area (Å²) in [7, 11) is -1.67. The molecule has 0 spiro atoms. The lowest BCUT2D eigenvalue weighted by Gasteiger charge is -2.20. The van der Waals surface area contributed by atoms with Gasteiger partial charge in [0.1, 0.15) is 5.75 Å².